The predicted molar refractivity (Wildman–Crippen MR) is 50.6 cm³/mol. The van der Waals surface area contributed by atoms with E-state index in [1.165, 1.54) is 6.07 Å². The number of amides is 1. The molecule has 1 heterocycles. The van der Waals surface area contributed by atoms with Crippen LogP contribution in [0.3, 0.4) is 0 Å². The van der Waals surface area contributed by atoms with E-state index >= 15 is 0 Å². The van der Waals surface area contributed by atoms with Gasteiger partial charge in [0.1, 0.15) is 5.15 Å². The largest absolute Gasteiger partial charge is 0.290 e. The van der Waals surface area contributed by atoms with Gasteiger partial charge in [0.25, 0.3) is 5.91 Å². The molecule has 0 unspecified atom stereocenters. The summed E-state index contributed by atoms with van der Waals surface area (Å²) in [6, 6.07) is 1.39. The summed E-state index contributed by atoms with van der Waals surface area (Å²) < 4.78 is 0. The number of pyridine rings is 1. The molecule has 0 spiro atoms. The topological polar surface area (TPSA) is 68.0 Å². The molecule has 0 aliphatic heterocycles. The highest BCUT2D eigenvalue weighted by atomic mass is 35.5. The number of hydrogen-bond donors (Lipinski definition) is 2. The molecule has 0 atom stereocenters. The van der Waals surface area contributed by atoms with Crippen LogP contribution >= 0.6 is 23.2 Å². The van der Waals surface area contributed by atoms with Crippen LogP contribution in [-0.4, -0.2) is 10.9 Å². The maximum Gasteiger partial charge on any atom is 0.268 e. The number of hydrogen-bond acceptors (Lipinski definition) is 3. The minimum Gasteiger partial charge on any atom is -0.290 e. The molecule has 1 rings (SSSR count). The summed E-state index contributed by atoms with van der Waals surface area (Å²) in [6.45, 7) is 1.63. The number of aryl methyl sites for hydroxylation is 1. The zero-order valence-electron chi connectivity index (χ0n) is 6.77. The fourth-order valence-corrected chi connectivity index (χ4v) is 1.56. The van der Waals surface area contributed by atoms with Gasteiger partial charge in [0.2, 0.25) is 0 Å². The van der Waals surface area contributed by atoms with Crippen LogP contribution in [0.2, 0.25) is 10.2 Å². The van der Waals surface area contributed by atoms with Crippen molar-refractivity contribution in [2.24, 2.45) is 5.84 Å². The number of hydrazine groups is 1. The molecular formula is C7H7Cl2N3O. The first-order chi connectivity index (χ1) is 6.06. The molecule has 0 aromatic carbocycles. The Bertz CT molecular complexity index is 331. The predicted octanol–water partition coefficient (Wildman–Crippen LogP) is 1.30. The molecule has 0 radical (unpaired) electrons. The van der Waals surface area contributed by atoms with E-state index in [9.17, 15) is 4.79 Å². The summed E-state index contributed by atoms with van der Waals surface area (Å²) in [5.41, 5.74) is 2.66. The van der Waals surface area contributed by atoms with Crippen molar-refractivity contribution >= 4 is 29.1 Å². The van der Waals surface area contributed by atoms with E-state index < -0.39 is 5.91 Å². The van der Waals surface area contributed by atoms with E-state index in [0.717, 1.165) is 0 Å². The van der Waals surface area contributed by atoms with Gasteiger partial charge in [0, 0.05) is 0 Å². The zero-order valence-corrected chi connectivity index (χ0v) is 8.28. The summed E-state index contributed by atoms with van der Waals surface area (Å²) in [5, 5.41) is 0.483. The van der Waals surface area contributed by atoms with Crippen molar-refractivity contribution in [3.8, 4) is 0 Å². The lowest BCUT2D eigenvalue weighted by Crippen LogP contribution is -2.31. The van der Waals surface area contributed by atoms with Crippen LogP contribution in [0.5, 0.6) is 0 Å². The van der Waals surface area contributed by atoms with Gasteiger partial charge in [-0.15, -0.1) is 0 Å². The average Bonchev–Trinajstić information content (AvgIpc) is 2.02. The number of rotatable bonds is 1. The Morgan fingerprint density at radius 1 is 1.62 bits per heavy atom. The van der Waals surface area contributed by atoms with Crippen molar-refractivity contribution in [1.29, 1.82) is 0 Å². The number of aromatic nitrogens is 1. The maximum absolute atomic E-state index is 11.2. The molecule has 0 saturated heterocycles. The van der Waals surface area contributed by atoms with Crippen molar-refractivity contribution < 1.29 is 4.79 Å². The Hall–Kier alpha value is -0.840. The molecular weight excluding hydrogens is 213 g/mol. The molecule has 1 aromatic rings. The quantitative estimate of drug-likeness (QED) is 0.324. The van der Waals surface area contributed by atoms with Crippen molar-refractivity contribution in [3.05, 3.63) is 27.5 Å². The van der Waals surface area contributed by atoms with Crippen molar-refractivity contribution in [1.82, 2.24) is 10.4 Å². The van der Waals surface area contributed by atoms with E-state index in [1.807, 2.05) is 5.43 Å². The summed E-state index contributed by atoms with van der Waals surface area (Å²) in [5.74, 6) is 4.48. The first kappa shape index (κ1) is 10.2. The lowest BCUT2D eigenvalue weighted by Gasteiger charge is -2.05. The fraction of sp³-hybridized carbons (Fsp3) is 0.143. The summed E-state index contributed by atoms with van der Waals surface area (Å²) in [4.78, 5) is 15.0. The lowest BCUT2D eigenvalue weighted by molar-refractivity contribution is 0.0953. The van der Waals surface area contributed by atoms with E-state index in [0.29, 0.717) is 5.69 Å². The van der Waals surface area contributed by atoms with Crippen molar-refractivity contribution in [2.45, 2.75) is 6.92 Å². The first-order valence-corrected chi connectivity index (χ1v) is 4.15. The molecule has 13 heavy (non-hydrogen) atoms. The molecule has 0 bridgehead atoms. The number of nitrogen functional groups attached to an aromatic ring is 1. The molecule has 4 nitrogen and oxygen atoms in total. The standard InChI is InChI=1S/C7H7Cl2N3O/c1-3-6(7(13)12-10)4(8)2-5(9)11-3/h2H,10H2,1H3,(H,12,13). The Morgan fingerprint density at radius 3 is 2.69 bits per heavy atom. The van der Waals surface area contributed by atoms with Crippen LogP contribution in [0.1, 0.15) is 16.1 Å². The number of nitrogens with two attached hydrogens (primary N) is 1. The Balaban J connectivity index is 3.28. The number of carbonyl (C=O) groups is 1. The summed E-state index contributed by atoms with van der Waals surface area (Å²) >= 11 is 11.4. The molecule has 70 valence electrons. The fourth-order valence-electron chi connectivity index (χ4n) is 0.943. The van der Waals surface area contributed by atoms with Crippen LogP contribution in [0.25, 0.3) is 0 Å². The second kappa shape index (κ2) is 3.91. The van der Waals surface area contributed by atoms with E-state index in [-0.39, 0.29) is 15.7 Å². The smallest absolute Gasteiger partial charge is 0.268 e. The highest BCUT2D eigenvalue weighted by molar-refractivity contribution is 6.36. The highest BCUT2D eigenvalue weighted by Crippen LogP contribution is 2.21. The second-order valence-corrected chi connectivity index (χ2v) is 3.16. The molecule has 0 fully saturated rings. The van der Waals surface area contributed by atoms with E-state index in [2.05, 4.69) is 4.98 Å². The van der Waals surface area contributed by atoms with Gasteiger partial charge in [-0.1, -0.05) is 23.2 Å². The van der Waals surface area contributed by atoms with Crippen molar-refractivity contribution in [3.63, 3.8) is 0 Å². The number of nitrogens with zero attached hydrogens (tertiary/aromatic N) is 1. The Morgan fingerprint density at radius 2 is 2.23 bits per heavy atom. The summed E-state index contributed by atoms with van der Waals surface area (Å²) in [6.07, 6.45) is 0. The normalized spacial score (nSPS) is 9.85. The summed E-state index contributed by atoms with van der Waals surface area (Å²) in [7, 11) is 0. The number of halogens is 2. The monoisotopic (exact) mass is 219 g/mol. The minimum atomic E-state index is -0.480. The van der Waals surface area contributed by atoms with Gasteiger partial charge >= 0.3 is 0 Å². The second-order valence-electron chi connectivity index (χ2n) is 2.36. The number of carbonyl (C=O) groups excluding carboxylic acids is 1. The van der Waals surface area contributed by atoms with E-state index in [4.69, 9.17) is 29.0 Å². The molecule has 1 aromatic heterocycles. The molecule has 0 aliphatic rings. The van der Waals surface area contributed by atoms with Gasteiger partial charge in [0.15, 0.2) is 0 Å². The van der Waals surface area contributed by atoms with Gasteiger partial charge in [-0.05, 0) is 13.0 Å². The van der Waals surface area contributed by atoms with Gasteiger partial charge in [-0.25, -0.2) is 10.8 Å². The third-order valence-corrected chi connectivity index (χ3v) is 1.97. The van der Waals surface area contributed by atoms with Gasteiger partial charge in [0.05, 0.1) is 16.3 Å². The first-order valence-electron chi connectivity index (χ1n) is 3.40. The SMILES string of the molecule is Cc1nc(Cl)cc(Cl)c1C(=O)NN. The molecule has 6 heteroatoms. The highest BCUT2D eigenvalue weighted by Gasteiger charge is 2.14. The molecule has 1 amide bonds. The Labute approximate surface area is 85.0 Å². The molecule has 0 saturated carbocycles. The van der Waals surface area contributed by atoms with Gasteiger partial charge in [-0.3, -0.25) is 10.2 Å². The van der Waals surface area contributed by atoms with Crippen LogP contribution in [0, 0.1) is 6.92 Å². The molecule has 0 aliphatic carbocycles. The number of nitrogens with one attached hydrogen (secondary N) is 1. The van der Waals surface area contributed by atoms with Crippen molar-refractivity contribution in [2.75, 3.05) is 0 Å². The average molecular weight is 220 g/mol. The Kier molecular flexibility index (Phi) is 3.08. The zero-order chi connectivity index (χ0) is 10.0. The van der Waals surface area contributed by atoms with Crippen LogP contribution in [-0.2, 0) is 0 Å². The minimum absolute atomic E-state index is 0.237. The third kappa shape index (κ3) is 2.09. The van der Waals surface area contributed by atoms with Gasteiger partial charge in [-0.2, -0.15) is 0 Å². The van der Waals surface area contributed by atoms with Crippen LogP contribution < -0.4 is 11.3 Å². The lowest BCUT2D eigenvalue weighted by atomic mass is 10.2. The van der Waals surface area contributed by atoms with Crippen LogP contribution in [0.15, 0.2) is 6.07 Å². The maximum atomic E-state index is 11.2. The van der Waals surface area contributed by atoms with Gasteiger partial charge < -0.3 is 0 Å². The van der Waals surface area contributed by atoms with Crippen LogP contribution in [0.4, 0.5) is 0 Å². The van der Waals surface area contributed by atoms with E-state index in [1.54, 1.807) is 6.92 Å². The third-order valence-electron chi connectivity index (χ3n) is 1.48. The molecule has 3 N–H and O–H groups in total.